The second-order valence-electron chi connectivity index (χ2n) is 20.0. The van der Waals surface area contributed by atoms with Gasteiger partial charge in [0.1, 0.15) is 55.0 Å². The second kappa shape index (κ2) is 27.0. The van der Waals surface area contributed by atoms with Crippen molar-refractivity contribution in [1.82, 2.24) is 48.3 Å². The number of aromatic nitrogens is 10. The lowest BCUT2D eigenvalue weighted by atomic mass is 10.0. The Kier molecular flexibility index (Phi) is 20.2. The normalized spacial score (nSPS) is 12.9. The van der Waals surface area contributed by atoms with E-state index in [1.165, 1.54) is 108 Å². The highest BCUT2D eigenvalue weighted by atomic mass is 32.1. The van der Waals surface area contributed by atoms with E-state index in [1.54, 1.807) is 13.8 Å². The van der Waals surface area contributed by atoms with E-state index in [4.69, 9.17) is 29.5 Å². The van der Waals surface area contributed by atoms with Crippen LogP contribution < -0.4 is 32.0 Å². The SMILES string of the molecule is COc1ccc(F)cc1[C@H](Cn1c(=O)n(C(C)C(=O)CC(C)C)c(=O)c2c(C)c(-n3nccn3)sc21)OCCC#N.COc1ccc(F)cc1[C@H](Cn1c(=O)n([C@@H](C)C(=O)CC(C)C)c(=O)c2c(C)c(-n3nccn3)sc21)OCCC#N. The van der Waals surface area contributed by atoms with Crippen LogP contribution in [-0.4, -0.2) is 87.3 Å². The molecule has 1 unspecified atom stereocenters. The van der Waals surface area contributed by atoms with Gasteiger partial charge in [0.25, 0.3) is 11.1 Å². The highest BCUT2D eigenvalue weighted by molar-refractivity contribution is 7.21. The van der Waals surface area contributed by atoms with Crippen molar-refractivity contribution in [2.45, 2.75) is 118 Å². The molecule has 0 saturated heterocycles. The van der Waals surface area contributed by atoms with Crippen molar-refractivity contribution >= 4 is 54.7 Å². The number of ketones is 2. The molecule has 82 heavy (non-hydrogen) atoms. The number of Topliss-reactive ketones (excluding diaryl/α,β-unsaturated/α-hetero) is 2. The predicted molar refractivity (Wildman–Crippen MR) is 302 cm³/mol. The molecule has 0 spiro atoms. The van der Waals surface area contributed by atoms with Gasteiger partial charge in [0.15, 0.2) is 11.6 Å². The van der Waals surface area contributed by atoms with Gasteiger partial charge in [-0.2, -0.15) is 30.9 Å². The molecule has 0 aliphatic rings. The van der Waals surface area contributed by atoms with E-state index in [1.807, 2.05) is 39.8 Å². The Balaban J connectivity index is 0.000000236. The van der Waals surface area contributed by atoms with Gasteiger partial charge in [0.05, 0.1) is 113 Å². The second-order valence-corrected chi connectivity index (χ2v) is 21.9. The van der Waals surface area contributed by atoms with Gasteiger partial charge < -0.3 is 18.9 Å². The number of nitrogens with zero attached hydrogens (tertiary/aromatic N) is 12. The first-order valence-electron chi connectivity index (χ1n) is 26.2. The topological polar surface area (TPSA) is 268 Å². The van der Waals surface area contributed by atoms with Crippen LogP contribution in [-0.2, 0) is 32.2 Å². The lowest BCUT2D eigenvalue weighted by Crippen LogP contribution is -2.44. The predicted octanol–water partition coefficient (Wildman–Crippen LogP) is 8.22. The number of methoxy groups -OCH3 is 2. The van der Waals surface area contributed by atoms with Crippen molar-refractivity contribution in [3.8, 4) is 33.6 Å². The summed E-state index contributed by atoms with van der Waals surface area (Å²) < 4.78 is 56.4. The summed E-state index contributed by atoms with van der Waals surface area (Å²) in [5.74, 6) is -0.851. The maximum Gasteiger partial charge on any atom is 0.332 e. The van der Waals surface area contributed by atoms with Crippen LogP contribution in [0.2, 0.25) is 0 Å². The number of ether oxygens (including phenoxy) is 4. The van der Waals surface area contributed by atoms with Crippen LogP contribution in [0.15, 0.2) is 80.4 Å². The van der Waals surface area contributed by atoms with E-state index >= 15 is 0 Å². The number of carbonyl (C=O) groups excluding carboxylic acids is 2. The van der Waals surface area contributed by atoms with Gasteiger partial charge in [-0.3, -0.25) is 28.3 Å². The van der Waals surface area contributed by atoms with Crippen LogP contribution in [0, 0.1) is 60.0 Å². The molecular weight excluding hydrogens is 1100 g/mol. The van der Waals surface area contributed by atoms with Gasteiger partial charge in [0, 0.05) is 35.1 Å². The van der Waals surface area contributed by atoms with Crippen LogP contribution in [0.3, 0.4) is 0 Å². The van der Waals surface area contributed by atoms with E-state index in [-0.39, 0.29) is 86.2 Å². The molecular formula is C56H62F2N12O10S2. The third-order valence-corrected chi connectivity index (χ3v) is 16.0. The summed E-state index contributed by atoms with van der Waals surface area (Å²) in [5, 5.41) is 36.5. The van der Waals surface area contributed by atoms with Crippen LogP contribution >= 0.6 is 22.7 Å². The van der Waals surface area contributed by atoms with E-state index in [0.717, 1.165) is 31.8 Å². The van der Waals surface area contributed by atoms with Crippen molar-refractivity contribution < 1.29 is 37.3 Å². The number of hydrogen-bond acceptors (Lipinski definition) is 18. The van der Waals surface area contributed by atoms with Crippen molar-refractivity contribution in [3.05, 3.63) is 137 Å². The number of fused-ring (bicyclic) bond motifs is 2. The third-order valence-electron chi connectivity index (χ3n) is 13.4. The Morgan fingerprint density at radius 3 is 1.27 bits per heavy atom. The molecule has 0 amide bonds. The smallest absolute Gasteiger partial charge is 0.332 e. The molecule has 0 aliphatic heterocycles. The Bertz CT molecular complexity index is 3690. The molecule has 6 heterocycles. The van der Waals surface area contributed by atoms with Gasteiger partial charge >= 0.3 is 11.4 Å². The third kappa shape index (κ3) is 13.1. The fourth-order valence-electron chi connectivity index (χ4n) is 9.39. The van der Waals surface area contributed by atoms with Crippen LogP contribution in [0.4, 0.5) is 8.78 Å². The van der Waals surface area contributed by atoms with Crippen molar-refractivity contribution in [1.29, 1.82) is 10.5 Å². The van der Waals surface area contributed by atoms with Crippen molar-refractivity contribution in [3.63, 3.8) is 0 Å². The highest BCUT2D eigenvalue weighted by Gasteiger charge is 2.31. The Morgan fingerprint density at radius 1 is 0.598 bits per heavy atom. The molecule has 0 bridgehead atoms. The van der Waals surface area contributed by atoms with E-state index in [9.17, 15) is 37.5 Å². The largest absolute Gasteiger partial charge is 0.496 e. The van der Waals surface area contributed by atoms with Crippen molar-refractivity contribution in [2.75, 3.05) is 27.4 Å². The number of aryl methyl sites for hydroxylation is 2. The Hall–Kier alpha value is -8.30. The fourth-order valence-corrected chi connectivity index (χ4v) is 11.8. The number of carbonyl (C=O) groups is 2. The lowest BCUT2D eigenvalue weighted by Gasteiger charge is -2.23. The van der Waals surface area contributed by atoms with Gasteiger partial charge in [-0.25, -0.2) is 27.5 Å². The van der Waals surface area contributed by atoms with E-state index < -0.39 is 58.4 Å². The van der Waals surface area contributed by atoms with Gasteiger partial charge in [-0.1, -0.05) is 50.4 Å². The van der Waals surface area contributed by atoms with Crippen LogP contribution in [0.25, 0.3) is 30.4 Å². The van der Waals surface area contributed by atoms with E-state index in [0.29, 0.717) is 53.4 Å². The van der Waals surface area contributed by atoms with Gasteiger partial charge in [-0.15, -0.1) is 9.59 Å². The number of hydrogen-bond donors (Lipinski definition) is 0. The number of thiophene rings is 2. The summed E-state index contributed by atoms with van der Waals surface area (Å²) in [4.78, 5) is 85.5. The number of rotatable bonds is 24. The first kappa shape index (κ1) is 61.3. The average molecular weight is 1170 g/mol. The lowest BCUT2D eigenvalue weighted by molar-refractivity contribution is -0.123. The molecule has 0 aliphatic carbocycles. The fraction of sp³-hybridized carbons (Fsp3) is 0.429. The first-order chi connectivity index (χ1) is 39.2. The summed E-state index contributed by atoms with van der Waals surface area (Å²) in [6.45, 7) is 13.8. The first-order valence-corrected chi connectivity index (χ1v) is 27.8. The van der Waals surface area contributed by atoms with Gasteiger partial charge in [0.2, 0.25) is 0 Å². The molecule has 6 aromatic heterocycles. The highest BCUT2D eigenvalue weighted by Crippen LogP contribution is 2.36. The summed E-state index contributed by atoms with van der Waals surface area (Å²) in [6, 6.07) is 9.86. The number of nitriles is 2. The molecule has 22 nitrogen and oxygen atoms in total. The molecule has 0 N–H and O–H groups in total. The average Bonchev–Trinajstić information content (AvgIpc) is 3.63. The molecule has 2 aromatic carbocycles. The molecule has 8 rings (SSSR count). The zero-order chi connectivity index (χ0) is 59.7. The van der Waals surface area contributed by atoms with Crippen LogP contribution in [0.5, 0.6) is 11.5 Å². The molecule has 0 radical (unpaired) electrons. The van der Waals surface area contributed by atoms with Crippen LogP contribution in [0.1, 0.15) is 114 Å². The minimum absolute atomic E-state index is 0.00751. The molecule has 432 valence electrons. The molecule has 8 aromatic rings. The quantitative estimate of drug-likeness (QED) is 0.0516. The molecule has 0 fully saturated rings. The Morgan fingerprint density at radius 2 is 0.951 bits per heavy atom. The minimum atomic E-state index is -1.03. The monoisotopic (exact) mass is 1160 g/mol. The standard InChI is InChI=1S/2C28H31FN6O5S/c2*1-16(2)13-21(36)18(4)34-25(37)24-17(3)26(35-31-10-11-32-35)41-27(24)33(28(34)38)15-23(40-12-6-9-30)20-14-19(29)7-8-22(20)39-5/h2*7-8,10-11,14,16,18,23H,6,12-13,15H2,1-5H3/t18?,23-;18-,23-/m00/s1. The van der Waals surface area contributed by atoms with Gasteiger partial charge in [-0.05, 0) is 75.9 Å². The molecule has 4 atom stereocenters. The maximum absolute atomic E-state index is 14.4. The number of halogens is 2. The summed E-state index contributed by atoms with van der Waals surface area (Å²) in [7, 11) is 2.86. The Labute approximate surface area is 476 Å². The summed E-state index contributed by atoms with van der Waals surface area (Å²) >= 11 is 2.29. The minimum Gasteiger partial charge on any atom is -0.496 e. The van der Waals surface area contributed by atoms with Crippen molar-refractivity contribution in [2.24, 2.45) is 11.8 Å². The molecule has 0 saturated carbocycles. The zero-order valence-electron chi connectivity index (χ0n) is 46.9. The molecule has 26 heteroatoms. The van der Waals surface area contributed by atoms with E-state index in [2.05, 4.69) is 20.4 Å². The summed E-state index contributed by atoms with van der Waals surface area (Å²) in [5.41, 5.74) is -0.865. The zero-order valence-corrected chi connectivity index (χ0v) is 48.5. The summed E-state index contributed by atoms with van der Waals surface area (Å²) in [6.07, 6.45) is 4.63. The maximum atomic E-state index is 14.4. The number of benzene rings is 2.